The first-order valence-corrected chi connectivity index (χ1v) is 10.9. The van der Waals surface area contributed by atoms with Crippen molar-refractivity contribution in [3.8, 4) is 0 Å². The molecule has 0 aromatic rings. The standard InChI is InChI=1S/C22H29NO6/c1-5-12(24)9-21-14-6-7-23(21)13-8-15(21)28-22(14)16(13)10(2)18(29-22)19-17(26-4)11(3)20(25)27-19/h10,12-16,24H,5-9H2,1-4H3/b19-18+/t10-,12+,13-,14+,15-,16+,21-,22+/m0/s1. The van der Waals surface area contributed by atoms with Crippen LogP contribution in [-0.4, -0.2) is 59.2 Å². The summed E-state index contributed by atoms with van der Waals surface area (Å²) in [5, 5.41) is 10.6. The average molecular weight is 403 g/mol. The summed E-state index contributed by atoms with van der Waals surface area (Å²) in [5.41, 5.74) is 0.346. The number of piperidine rings is 1. The Morgan fingerprint density at radius 3 is 2.93 bits per heavy atom. The van der Waals surface area contributed by atoms with Crippen molar-refractivity contribution in [3.63, 3.8) is 0 Å². The first-order valence-electron chi connectivity index (χ1n) is 10.9. The largest absolute Gasteiger partial charge is 0.492 e. The zero-order valence-corrected chi connectivity index (χ0v) is 17.4. The van der Waals surface area contributed by atoms with E-state index in [9.17, 15) is 9.90 Å². The van der Waals surface area contributed by atoms with E-state index in [1.165, 1.54) is 0 Å². The molecule has 29 heavy (non-hydrogen) atoms. The van der Waals surface area contributed by atoms with Gasteiger partial charge in [0.2, 0.25) is 11.5 Å². The van der Waals surface area contributed by atoms with Crippen molar-refractivity contribution in [1.29, 1.82) is 0 Å². The first-order chi connectivity index (χ1) is 13.9. The number of ether oxygens (including phenoxy) is 4. The van der Waals surface area contributed by atoms with Crippen molar-refractivity contribution in [1.82, 2.24) is 4.90 Å². The van der Waals surface area contributed by atoms with Crippen LogP contribution >= 0.6 is 0 Å². The molecule has 6 aliphatic rings. The molecule has 7 nitrogen and oxygen atoms in total. The van der Waals surface area contributed by atoms with E-state index >= 15 is 0 Å². The maximum absolute atomic E-state index is 12.2. The molecule has 1 spiro atoms. The van der Waals surface area contributed by atoms with Gasteiger partial charge < -0.3 is 24.1 Å². The second kappa shape index (κ2) is 5.56. The number of rotatable bonds is 4. The number of esters is 1. The summed E-state index contributed by atoms with van der Waals surface area (Å²) in [6.07, 6.45) is 3.26. The highest BCUT2D eigenvalue weighted by molar-refractivity contribution is 5.93. The number of nitrogens with zero attached hydrogens (tertiary/aromatic N) is 1. The SMILES string of the molecule is CC[C@@H](O)C[C@@]12[C@@H]3C[C@H]4[C@H]5[C@H](C)/C(=C6\OC(=O)C(C)=C6OC)O[C@]5(O3)[C@@H]1CCN42. The summed E-state index contributed by atoms with van der Waals surface area (Å²) in [5.74, 6) is 0.990. The van der Waals surface area contributed by atoms with Gasteiger partial charge in [0, 0.05) is 17.9 Å². The Labute approximate surface area is 170 Å². The number of hydrogen-bond acceptors (Lipinski definition) is 7. The van der Waals surface area contributed by atoms with Gasteiger partial charge in [-0.3, -0.25) is 4.90 Å². The van der Waals surface area contributed by atoms with Crippen LogP contribution in [0.2, 0.25) is 0 Å². The molecular weight excluding hydrogens is 374 g/mol. The molecule has 0 aliphatic carbocycles. The van der Waals surface area contributed by atoms with Gasteiger partial charge in [-0.1, -0.05) is 13.8 Å². The fourth-order valence-electron chi connectivity index (χ4n) is 7.61. The fraction of sp³-hybridized carbons (Fsp3) is 0.773. The molecule has 6 rings (SSSR count). The Hall–Kier alpha value is -1.57. The number of aliphatic hydroxyl groups excluding tert-OH is 1. The summed E-state index contributed by atoms with van der Waals surface area (Å²) in [4.78, 5) is 14.8. The molecule has 0 saturated carbocycles. The summed E-state index contributed by atoms with van der Waals surface area (Å²) >= 11 is 0. The van der Waals surface area contributed by atoms with Crippen LogP contribution in [-0.2, 0) is 23.7 Å². The van der Waals surface area contributed by atoms with E-state index in [1.807, 2.05) is 6.92 Å². The van der Waals surface area contributed by atoms with Gasteiger partial charge in [0.05, 0.1) is 36.3 Å². The lowest BCUT2D eigenvalue weighted by atomic mass is 9.69. The summed E-state index contributed by atoms with van der Waals surface area (Å²) < 4.78 is 24.5. The van der Waals surface area contributed by atoms with Gasteiger partial charge in [-0.2, -0.15) is 0 Å². The third kappa shape index (κ3) is 1.85. The van der Waals surface area contributed by atoms with Crippen LogP contribution in [0.15, 0.2) is 22.9 Å². The van der Waals surface area contributed by atoms with Gasteiger partial charge in [0.15, 0.2) is 5.76 Å². The topological polar surface area (TPSA) is 77.5 Å². The summed E-state index contributed by atoms with van der Waals surface area (Å²) in [6, 6.07) is 0.373. The predicted octanol–water partition coefficient (Wildman–Crippen LogP) is 2.06. The lowest BCUT2D eigenvalue weighted by Gasteiger charge is -2.48. The highest BCUT2D eigenvalue weighted by Gasteiger charge is 2.84. The van der Waals surface area contributed by atoms with E-state index in [4.69, 9.17) is 18.9 Å². The molecular formula is C22H29NO6. The van der Waals surface area contributed by atoms with Gasteiger partial charge in [0.1, 0.15) is 5.76 Å². The molecule has 7 heteroatoms. The molecule has 5 fully saturated rings. The quantitative estimate of drug-likeness (QED) is 0.720. The van der Waals surface area contributed by atoms with Crippen LogP contribution in [0.4, 0.5) is 0 Å². The lowest BCUT2D eigenvalue weighted by Crippen LogP contribution is -2.61. The number of allylic oxidation sites excluding steroid dienone is 1. The maximum Gasteiger partial charge on any atom is 0.343 e. The number of carbonyl (C=O) groups is 1. The molecule has 6 heterocycles. The zero-order chi connectivity index (χ0) is 20.3. The smallest absolute Gasteiger partial charge is 0.343 e. The molecule has 0 aromatic heterocycles. The Balaban J connectivity index is 1.46. The minimum atomic E-state index is -0.683. The molecule has 0 aromatic carbocycles. The van der Waals surface area contributed by atoms with Crippen molar-refractivity contribution in [2.45, 2.75) is 76.0 Å². The number of fused-ring (bicyclic) bond motifs is 1. The van der Waals surface area contributed by atoms with Gasteiger partial charge in [-0.05, 0) is 39.2 Å². The fourth-order valence-corrected chi connectivity index (χ4v) is 7.61. The van der Waals surface area contributed by atoms with Crippen molar-refractivity contribution >= 4 is 5.97 Å². The number of aliphatic hydroxyl groups is 1. The number of carbonyl (C=O) groups excluding carboxylic acids is 1. The second-order valence-electron chi connectivity index (χ2n) is 9.58. The Bertz CT molecular complexity index is 865. The normalized spacial score (nSPS) is 52.2. The minimum Gasteiger partial charge on any atom is -0.492 e. The predicted molar refractivity (Wildman–Crippen MR) is 101 cm³/mol. The van der Waals surface area contributed by atoms with Crippen LogP contribution in [0, 0.1) is 17.8 Å². The van der Waals surface area contributed by atoms with E-state index in [2.05, 4.69) is 11.8 Å². The maximum atomic E-state index is 12.2. The van der Waals surface area contributed by atoms with Crippen LogP contribution < -0.4 is 0 Å². The molecule has 5 saturated heterocycles. The van der Waals surface area contributed by atoms with Crippen LogP contribution in [0.1, 0.15) is 46.5 Å². The lowest BCUT2D eigenvalue weighted by molar-refractivity contribution is -0.256. The van der Waals surface area contributed by atoms with Gasteiger partial charge in [0.25, 0.3) is 0 Å². The highest BCUT2D eigenvalue weighted by Crippen LogP contribution is 2.73. The van der Waals surface area contributed by atoms with Crippen LogP contribution in [0.5, 0.6) is 0 Å². The molecule has 6 aliphatic heterocycles. The minimum absolute atomic E-state index is 0.0649. The molecule has 5 bridgehead atoms. The first kappa shape index (κ1) is 18.2. The Morgan fingerprint density at radius 1 is 1.41 bits per heavy atom. The molecule has 0 amide bonds. The molecule has 1 unspecified atom stereocenters. The molecule has 158 valence electrons. The molecule has 0 radical (unpaired) electrons. The number of cyclic esters (lactones) is 1. The van der Waals surface area contributed by atoms with Gasteiger partial charge in [-0.25, -0.2) is 4.79 Å². The van der Waals surface area contributed by atoms with Crippen LogP contribution in [0.3, 0.4) is 0 Å². The monoisotopic (exact) mass is 403 g/mol. The van der Waals surface area contributed by atoms with Gasteiger partial charge >= 0.3 is 5.97 Å². The van der Waals surface area contributed by atoms with Crippen molar-refractivity contribution in [2.24, 2.45) is 17.8 Å². The summed E-state index contributed by atoms with van der Waals surface area (Å²) in [6.45, 7) is 6.95. The van der Waals surface area contributed by atoms with E-state index in [-0.39, 0.29) is 41.5 Å². The molecule has 1 N–H and O–H groups in total. The Morgan fingerprint density at radius 2 is 2.21 bits per heavy atom. The van der Waals surface area contributed by atoms with Crippen molar-refractivity contribution in [2.75, 3.05) is 13.7 Å². The molecule has 9 atom stereocenters. The second-order valence-corrected chi connectivity index (χ2v) is 9.58. The van der Waals surface area contributed by atoms with Crippen LogP contribution in [0.25, 0.3) is 0 Å². The summed E-state index contributed by atoms with van der Waals surface area (Å²) in [7, 11) is 1.56. The number of hydrogen-bond donors (Lipinski definition) is 1. The van der Waals surface area contributed by atoms with E-state index in [0.717, 1.165) is 32.2 Å². The average Bonchev–Trinajstić information content (AvgIpc) is 3.40. The number of methoxy groups -OCH3 is 1. The third-order valence-corrected chi connectivity index (χ3v) is 8.63. The van der Waals surface area contributed by atoms with Gasteiger partial charge in [-0.15, -0.1) is 0 Å². The van der Waals surface area contributed by atoms with E-state index < -0.39 is 5.79 Å². The highest BCUT2D eigenvalue weighted by atomic mass is 16.7. The van der Waals surface area contributed by atoms with Crippen molar-refractivity contribution in [3.05, 3.63) is 22.9 Å². The van der Waals surface area contributed by atoms with Crippen molar-refractivity contribution < 1.29 is 28.8 Å². The Kier molecular flexibility index (Phi) is 3.49. The van der Waals surface area contributed by atoms with E-state index in [1.54, 1.807) is 14.0 Å². The third-order valence-electron chi connectivity index (χ3n) is 8.63. The van der Waals surface area contributed by atoms with E-state index in [0.29, 0.717) is 28.9 Å². The zero-order valence-electron chi connectivity index (χ0n) is 17.4.